The normalized spacial score (nSPS) is 17.1. The van der Waals surface area contributed by atoms with Crippen LogP contribution in [0.25, 0.3) is 0 Å². The van der Waals surface area contributed by atoms with E-state index in [0.29, 0.717) is 0 Å². The smallest absolute Gasteiger partial charge is 0.122 e. The summed E-state index contributed by atoms with van der Waals surface area (Å²) >= 11 is 0. The van der Waals surface area contributed by atoms with Crippen molar-refractivity contribution in [1.29, 1.82) is 0 Å². The average molecular weight is 257 g/mol. The molecule has 19 heavy (non-hydrogen) atoms. The Morgan fingerprint density at radius 3 is 2.89 bits per heavy atom. The monoisotopic (exact) mass is 257 g/mol. The highest BCUT2D eigenvalue weighted by atomic mass is 16.3. The number of nitrogens with zero attached hydrogens (tertiary/aromatic N) is 3. The van der Waals surface area contributed by atoms with Crippen molar-refractivity contribution in [3.63, 3.8) is 0 Å². The van der Waals surface area contributed by atoms with E-state index in [-0.39, 0.29) is 6.10 Å². The molecule has 1 aliphatic heterocycles. The summed E-state index contributed by atoms with van der Waals surface area (Å²) in [7, 11) is 0. The predicted octanol–water partition coefficient (Wildman–Crippen LogP) is 1.82. The lowest BCUT2D eigenvalue weighted by atomic mass is 10.1. The topological polar surface area (TPSA) is 41.3 Å². The minimum absolute atomic E-state index is 0.372. The molecule has 2 heterocycles. The molecule has 0 fully saturated rings. The van der Waals surface area contributed by atoms with Crippen molar-refractivity contribution in [2.24, 2.45) is 0 Å². The second-order valence-corrected chi connectivity index (χ2v) is 5.03. The number of aromatic nitrogens is 2. The maximum atomic E-state index is 10.2. The molecular formula is C15H19N3O. The van der Waals surface area contributed by atoms with Crippen LogP contribution in [0, 0.1) is 0 Å². The van der Waals surface area contributed by atoms with Gasteiger partial charge in [-0.2, -0.15) is 0 Å². The van der Waals surface area contributed by atoms with Gasteiger partial charge in [0.2, 0.25) is 0 Å². The molecule has 1 aromatic carbocycles. The molecule has 2 aromatic rings. The van der Waals surface area contributed by atoms with Gasteiger partial charge in [0.15, 0.2) is 0 Å². The summed E-state index contributed by atoms with van der Waals surface area (Å²) < 4.78 is 2.20. The fourth-order valence-electron chi connectivity index (χ4n) is 2.56. The fourth-order valence-corrected chi connectivity index (χ4v) is 2.56. The summed E-state index contributed by atoms with van der Waals surface area (Å²) in [5.41, 5.74) is 1.00. The maximum Gasteiger partial charge on any atom is 0.122 e. The van der Waals surface area contributed by atoms with Crippen LogP contribution < -0.4 is 0 Å². The summed E-state index contributed by atoms with van der Waals surface area (Å²) in [6.45, 7) is 3.82. The van der Waals surface area contributed by atoms with Crippen molar-refractivity contribution < 1.29 is 5.11 Å². The van der Waals surface area contributed by atoms with Gasteiger partial charge in [-0.25, -0.2) is 4.98 Å². The molecule has 0 spiro atoms. The van der Waals surface area contributed by atoms with Crippen LogP contribution in [0.2, 0.25) is 0 Å². The Bertz CT molecular complexity index is 523. The van der Waals surface area contributed by atoms with Crippen molar-refractivity contribution in [2.45, 2.75) is 25.6 Å². The van der Waals surface area contributed by atoms with Crippen molar-refractivity contribution in [3.05, 3.63) is 54.1 Å². The van der Waals surface area contributed by atoms with E-state index >= 15 is 0 Å². The molecule has 0 aliphatic carbocycles. The zero-order chi connectivity index (χ0) is 13.1. The van der Waals surface area contributed by atoms with Gasteiger partial charge < -0.3 is 9.67 Å². The molecule has 1 aromatic heterocycles. The Morgan fingerprint density at radius 2 is 2.05 bits per heavy atom. The summed E-state index contributed by atoms with van der Waals surface area (Å²) in [6.07, 6.45) is 4.29. The van der Waals surface area contributed by atoms with E-state index in [0.717, 1.165) is 44.0 Å². The first-order chi connectivity index (χ1) is 9.33. The van der Waals surface area contributed by atoms with E-state index in [1.807, 2.05) is 42.7 Å². The SMILES string of the molecule is OC(CCN1CCn2ccnc2C1)c1ccccc1. The Balaban J connectivity index is 1.54. The first-order valence-electron chi connectivity index (χ1n) is 6.78. The van der Waals surface area contributed by atoms with Gasteiger partial charge in [0, 0.05) is 32.0 Å². The zero-order valence-electron chi connectivity index (χ0n) is 10.9. The van der Waals surface area contributed by atoms with Crippen LogP contribution in [0.15, 0.2) is 42.7 Å². The standard InChI is InChI=1S/C15H19N3O/c19-14(13-4-2-1-3-5-13)6-8-17-10-11-18-9-7-16-15(18)12-17/h1-5,7,9,14,19H,6,8,10-12H2. The van der Waals surface area contributed by atoms with Crippen LogP contribution in [0.5, 0.6) is 0 Å². The third-order valence-corrected chi connectivity index (χ3v) is 3.73. The van der Waals surface area contributed by atoms with Gasteiger partial charge in [-0.15, -0.1) is 0 Å². The number of aliphatic hydroxyl groups excluding tert-OH is 1. The highest BCUT2D eigenvalue weighted by Gasteiger charge is 2.17. The van der Waals surface area contributed by atoms with E-state index in [4.69, 9.17) is 0 Å². The molecule has 0 bridgehead atoms. The molecule has 1 aliphatic rings. The molecule has 0 saturated heterocycles. The summed E-state index contributed by atoms with van der Waals surface area (Å²) in [5, 5.41) is 10.2. The number of rotatable bonds is 4. The Labute approximate surface area is 113 Å². The van der Waals surface area contributed by atoms with Crippen LogP contribution in [0.1, 0.15) is 23.9 Å². The van der Waals surface area contributed by atoms with Crippen molar-refractivity contribution >= 4 is 0 Å². The van der Waals surface area contributed by atoms with E-state index in [1.54, 1.807) is 0 Å². The first-order valence-corrected chi connectivity index (χ1v) is 6.78. The van der Waals surface area contributed by atoms with Gasteiger partial charge in [-0.05, 0) is 12.0 Å². The number of imidazole rings is 1. The van der Waals surface area contributed by atoms with Crippen LogP contribution >= 0.6 is 0 Å². The summed E-state index contributed by atoms with van der Waals surface area (Å²) in [4.78, 5) is 6.71. The van der Waals surface area contributed by atoms with Crippen LogP contribution in [0.3, 0.4) is 0 Å². The minimum Gasteiger partial charge on any atom is -0.388 e. The average Bonchev–Trinajstić information content (AvgIpc) is 2.93. The molecule has 0 radical (unpaired) electrons. The molecule has 100 valence electrons. The predicted molar refractivity (Wildman–Crippen MR) is 73.5 cm³/mol. The number of hydrogen-bond acceptors (Lipinski definition) is 3. The number of fused-ring (bicyclic) bond motifs is 1. The third-order valence-electron chi connectivity index (χ3n) is 3.73. The largest absolute Gasteiger partial charge is 0.388 e. The van der Waals surface area contributed by atoms with E-state index in [1.165, 1.54) is 0 Å². The molecule has 0 amide bonds. The third kappa shape index (κ3) is 2.85. The van der Waals surface area contributed by atoms with Gasteiger partial charge in [0.25, 0.3) is 0 Å². The van der Waals surface area contributed by atoms with E-state index in [2.05, 4.69) is 14.5 Å². The Morgan fingerprint density at radius 1 is 1.21 bits per heavy atom. The molecule has 1 unspecified atom stereocenters. The molecule has 1 atom stereocenters. The van der Waals surface area contributed by atoms with Gasteiger partial charge >= 0.3 is 0 Å². The number of aliphatic hydroxyl groups is 1. The molecule has 0 saturated carbocycles. The molecular weight excluding hydrogens is 238 g/mol. The minimum atomic E-state index is -0.372. The molecule has 4 nitrogen and oxygen atoms in total. The van der Waals surface area contributed by atoms with Crippen molar-refractivity contribution in [3.8, 4) is 0 Å². The zero-order valence-corrected chi connectivity index (χ0v) is 10.9. The fraction of sp³-hybridized carbons (Fsp3) is 0.400. The van der Waals surface area contributed by atoms with Gasteiger partial charge in [-0.3, -0.25) is 4.90 Å². The second kappa shape index (κ2) is 5.55. The summed E-state index contributed by atoms with van der Waals surface area (Å²) in [6, 6.07) is 9.87. The van der Waals surface area contributed by atoms with Crippen molar-refractivity contribution in [1.82, 2.24) is 14.5 Å². The lowest BCUT2D eigenvalue weighted by Gasteiger charge is -2.28. The van der Waals surface area contributed by atoms with Crippen LogP contribution in [0.4, 0.5) is 0 Å². The van der Waals surface area contributed by atoms with Crippen molar-refractivity contribution in [2.75, 3.05) is 13.1 Å². The van der Waals surface area contributed by atoms with E-state index in [9.17, 15) is 5.11 Å². The Hall–Kier alpha value is -1.65. The molecule has 4 heteroatoms. The number of benzene rings is 1. The second-order valence-electron chi connectivity index (χ2n) is 5.03. The van der Waals surface area contributed by atoms with Gasteiger partial charge in [-0.1, -0.05) is 30.3 Å². The van der Waals surface area contributed by atoms with E-state index < -0.39 is 0 Å². The van der Waals surface area contributed by atoms with Crippen LogP contribution in [-0.4, -0.2) is 32.6 Å². The Kier molecular flexibility index (Phi) is 3.62. The quantitative estimate of drug-likeness (QED) is 0.908. The molecule has 3 rings (SSSR count). The first kappa shape index (κ1) is 12.4. The highest BCUT2D eigenvalue weighted by molar-refractivity contribution is 5.17. The maximum absolute atomic E-state index is 10.2. The lowest BCUT2D eigenvalue weighted by molar-refractivity contribution is 0.130. The van der Waals surface area contributed by atoms with Gasteiger partial charge in [0.05, 0.1) is 12.6 Å². The lowest BCUT2D eigenvalue weighted by Crippen LogP contribution is -2.34. The van der Waals surface area contributed by atoms with Gasteiger partial charge in [0.1, 0.15) is 5.82 Å². The number of hydrogen-bond donors (Lipinski definition) is 1. The summed E-state index contributed by atoms with van der Waals surface area (Å²) in [5.74, 6) is 1.13. The molecule has 1 N–H and O–H groups in total. The van der Waals surface area contributed by atoms with Crippen LogP contribution in [-0.2, 0) is 13.1 Å². The highest BCUT2D eigenvalue weighted by Crippen LogP contribution is 2.18.